The maximum absolute atomic E-state index is 13.5. The number of rotatable bonds is 5. The Morgan fingerprint density at radius 3 is 2.56 bits per heavy atom. The lowest BCUT2D eigenvalue weighted by Gasteiger charge is -2.34. The average molecular weight is 438 g/mol. The van der Waals surface area contributed by atoms with Gasteiger partial charge in [-0.3, -0.25) is 9.59 Å². The van der Waals surface area contributed by atoms with E-state index in [0.29, 0.717) is 5.41 Å². The van der Waals surface area contributed by atoms with Gasteiger partial charge in [-0.2, -0.15) is 0 Å². The number of benzene rings is 1. The van der Waals surface area contributed by atoms with E-state index >= 15 is 0 Å². The molecule has 4 aliphatic rings. The van der Waals surface area contributed by atoms with E-state index in [1.165, 1.54) is 30.4 Å². The van der Waals surface area contributed by atoms with Crippen LogP contribution in [0, 0.1) is 17.3 Å². The van der Waals surface area contributed by atoms with Gasteiger partial charge in [-0.1, -0.05) is 43.5 Å². The maximum Gasteiger partial charge on any atom is 0.243 e. The molecule has 1 aromatic rings. The SMILES string of the molecule is O=C(N[C@H](C(=O)N[C@@H]1CCc2ccccc21)C1CCCCC1)C1CCC2(CCNCC2)C1. The molecule has 5 heteroatoms. The van der Waals surface area contributed by atoms with Gasteiger partial charge in [0, 0.05) is 5.92 Å². The van der Waals surface area contributed by atoms with Gasteiger partial charge >= 0.3 is 0 Å². The van der Waals surface area contributed by atoms with Crippen molar-refractivity contribution in [2.75, 3.05) is 13.1 Å². The van der Waals surface area contributed by atoms with Gasteiger partial charge in [-0.25, -0.2) is 0 Å². The Morgan fingerprint density at radius 1 is 0.969 bits per heavy atom. The molecule has 5 rings (SSSR count). The van der Waals surface area contributed by atoms with Crippen LogP contribution in [0.4, 0.5) is 0 Å². The first-order valence-electron chi connectivity index (χ1n) is 13.0. The molecule has 32 heavy (non-hydrogen) atoms. The smallest absolute Gasteiger partial charge is 0.243 e. The van der Waals surface area contributed by atoms with Crippen LogP contribution < -0.4 is 16.0 Å². The maximum atomic E-state index is 13.5. The molecule has 2 amide bonds. The molecule has 0 bridgehead atoms. The number of hydrogen-bond acceptors (Lipinski definition) is 3. The quantitative estimate of drug-likeness (QED) is 0.651. The first-order valence-corrected chi connectivity index (χ1v) is 13.0. The van der Waals surface area contributed by atoms with Crippen LogP contribution >= 0.6 is 0 Å². The molecule has 174 valence electrons. The molecular weight excluding hydrogens is 398 g/mol. The molecule has 5 nitrogen and oxygen atoms in total. The minimum atomic E-state index is -0.389. The molecule has 3 atom stereocenters. The topological polar surface area (TPSA) is 70.2 Å². The largest absolute Gasteiger partial charge is 0.347 e. The molecule has 0 aromatic heterocycles. The zero-order valence-electron chi connectivity index (χ0n) is 19.3. The highest BCUT2D eigenvalue weighted by atomic mass is 16.2. The number of nitrogens with one attached hydrogen (secondary N) is 3. The van der Waals surface area contributed by atoms with E-state index in [0.717, 1.165) is 70.9 Å². The van der Waals surface area contributed by atoms with Crippen molar-refractivity contribution in [3.8, 4) is 0 Å². The predicted molar refractivity (Wildman–Crippen MR) is 126 cm³/mol. The predicted octanol–water partition coefficient (Wildman–Crippen LogP) is 4.03. The van der Waals surface area contributed by atoms with Crippen LogP contribution in [0.3, 0.4) is 0 Å². The van der Waals surface area contributed by atoms with Crippen LogP contribution in [-0.2, 0) is 16.0 Å². The molecule has 0 radical (unpaired) electrons. The Labute approximate surface area is 192 Å². The van der Waals surface area contributed by atoms with E-state index in [1.807, 2.05) is 0 Å². The van der Waals surface area contributed by atoms with Gasteiger partial charge < -0.3 is 16.0 Å². The molecule has 1 unspecified atom stereocenters. The lowest BCUT2D eigenvalue weighted by Crippen LogP contribution is -2.53. The third-order valence-corrected chi connectivity index (χ3v) is 8.89. The van der Waals surface area contributed by atoms with E-state index in [9.17, 15) is 9.59 Å². The first-order chi connectivity index (χ1) is 15.6. The first kappa shape index (κ1) is 21.9. The highest BCUT2D eigenvalue weighted by Gasteiger charge is 2.43. The van der Waals surface area contributed by atoms with Gasteiger partial charge in [0.2, 0.25) is 11.8 Å². The second kappa shape index (κ2) is 9.54. The minimum absolute atomic E-state index is 0.0292. The fourth-order valence-electron chi connectivity index (χ4n) is 6.95. The summed E-state index contributed by atoms with van der Waals surface area (Å²) in [5, 5.41) is 10.1. The Balaban J connectivity index is 1.26. The van der Waals surface area contributed by atoms with Gasteiger partial charge in [0.15, 0.2) is 0 Å². The normalized spacial score (nSPS) is 28.2. The van der Waals surface area contributed by atoms with Crippen LogP contribution in [0.1, 0.15) is 87.8 Å². The number of aryl methyl sites for hydroxylation is 1. The zero-order chi connectivity index (χ0) is 22.0. The molecule has 3 fully saturated rings. The summed E-state index contributed by atoms with van der Waals surface area (Å²) in [6.45, 7) is 2.15. The fraction of sp³-hybridized carbons (Fsp3) is 0.704. The number of carbonyl (C=O) groups excluding carboxylic acids is 2. The van der Waals surface area contributed by atoms with Crippen molar-refractivity contribution in [3.63, 3.8) is 0 Å². The molecule has 3 aliphatic carbocycles. The van der Waals surface area contributed by atoms with Crippen LogP contribution in [0.25, 0.3) is 0 Å². The summed E-state index contributed by atoms with van der Waals surface area (Å²) in [6.07, 6.45) is 13.1. The number of piperidine rings is 1. The molecule has 1 spiro atoms. The fourth-order valence-corrected chi connectivity index (χ4v) is 6.95. The Bertz CT molecular complexity index is 826. The second-order valence-corrected chi connectivity index (χ2v) is 10.9. The van der Waals surface area contributed by atoms with Crippen LogP contribution in [0.15, 0.2) is 24.3 Å². The average Bonchev–Trinajstić information content (AvgIpc) is 3.43. The number of hydrogen-bond donors (Lipinski definition) is 3. The summed E-state index contributed by atoms with van der Waals surface area (Å²) in [6, 6.07) is 8.12. The molecule has 1 saturated heterocycles. The highest BCUT2D eigenvalue weighted by molar-refractivity contribution is 5.89. The Kier molecular flexibility index (Phi) is 6.54. The monoisotopic (exact) mass is 437 g/mol. The van der Waals surface area contributed by atoms with Crippen LogP contribution in [0.2, 0.25) is 0 Å². The standard InChI is InChI=1S/C27H39N3O2/c31-25(21-12-13-27(18-21)14-16-28-17-15-27)30-24(20-7-2-1-3-8-20)26(32)29-23-11-10-19-6-4-5-9-22(19)23/h4-6,9,20-21,23-24,28H,1-3,7-8,10-18H2,(H,29,32)(H,30,31)/t21?,23-,24+/m1/s1. The van der Waals surface area contributed by atoms with Gasteiger partial charge in [-0.05, 0) is 93.3 Å². The van der Waals surface area contributed by atoms with Crippen LogP contribution in [-0.4, -0.2) is 30.9 Å². The van der Waals surface area contributed by atoms with Gasteiger partial charge in [0.1, 0.15) is 6.04 Å². The zero-order valence-corrected chi connectivity index (χ0v) is 19.3. The van der Waals surface area contributed by atoms with Crippen molar-refractivity contribution in [3.05, 3.63) is 35.4 Å². The van der Waals surface area contributed by atoms with Gasteiger partial charge in [0.05, 0.1) is 6.04 Å². The summed E-state index contributed by atoms with van der Waals surface area (Å²) < 4.78 is 0. The van der Waals surface area contributed by atoms with E-state index in [2.05, 4.69) is 40.2 Å². The summed E-state index contributed by atoms with van der Waals surface area (Å²) >= 11 is 0. The van der Waals surface area contributed by atoms with Crippen molar-refractivity contribution >= 4 is 11.8 Å². The van der Waals surface area contributed by atoms with Crippen LogP contribution in [0.5, 0.6) is 0 Å². The molecular formula is C27H39N3O2. The lowest BCUT2D eigenvalue weighted by atomic mass is 9.77. The molecule has 2 saturated carbocycles. The number of carbonyl (C=O) groups is 2. The number of amides is 2. The van der Waals surface area contributed by atoms with Crippen molar-refractivity contribution in [2.45, 2.75) is 89.1 Å². The van der Waals surface area contributed by atoms with Crippen molar-refractivity contribution in [2.24, 2.45) is 17.3 Å². The molecule has 3 N–H and O–H groups in total. The Hall–Kier alpha value is -1.88. The third kappa shape index (κ3) is 4.59. The van der Waals surface area contributed by atoms with Crippen molar-refractivity contribution in [1.29, 1.82) is 0 Å². The van der Waals surface area contributed by atoms with Crippen molar-refractivity contribution in [1.82, 2.24) is 16.0 Å². The van der Waals surface area contributed by atoms with Gasteiger partial charge in [0.25, 0.3) is 0 Å². The number of fused-ring (bicyclic) bond motifs is 1. The van der Waals surface area contributed by atoms with Crippen molar-refractivity contribution < 1.29 is 9.59 Å². The lowest BCUT2D eigenvalue weighted by molar-refractivity contribution is -0.133. The second-order valence-electron chi connectivity index (χ2n) is 10.9. The van der Waals surface area contributed by atoms with Gasteiger partial charge in [-0.15, -0.1) is 0 Å². The Morgan fingerprint density at radius 2 is 1.75 bits per heavy atom. The summed E-state index contributed by atoms with van der Waals surface area (Å²) in [5.74, 6) is 0.484. The third-order valence-electron chi connectivity index (χ3n) is 8.89. The molecule has 1 aromatic carbocycles. The van der Waals surface area contributed by atoms with E-state index in [4.69, 9.17) is 0 Å². The van der Waals surface area contributed by atoms with E-state index in [1.54, 1.807) is 0 Å². The van der Waals surface area contributed by atoms with E-state index < -0.39 is 0 Å². The highest BCUT2D eigenvalue weighted by Crippen LogP contribution is 2.48. The summed E-state index contributed by atoms with van der Waals surface area (Å²) in [5.41, 5.74) is 2.94. The molecule has 1 heterocycles. The van der Waals surface area contributed by atoms with E-state index in [-0.39, 0.29) is 35.7 Å². The summed E-state index contributed by atoms with van der Waals surface area (Å²) in [4.78, 5) is 26.9. The molecule has 1 aliphatic heterocycles. The minimum Gasteiger partial charge on any atom is -0.347 e. The summed E-state index contributed by atoms with van der Waals surface area (Å²) in [7, 11) is 0.